The average molecular weight is 324 g/mol. The molecule has 0 aromatic heterocycles. The van der Waals surface area contributed by atoms with Gasteiger partial charge in [-0.25, -0.2) is 0 Å². The highest BCUT2D eigenvalue weighted by molar-refractivity contribution is 6.33. The van der Waals surface area contributed by atoms with E-state index in [0.29, 0.717) is 34.1 Å². The zero-order valence-electron chi connectivity index (χ0n) is 12.4. The molecule has 0 radical (unpaired) electrons. The predicted molar refractivity (Wildman–Crippen MR) is 89.7 cm³/mol. The van der Waals surface area contributed by atoms with E-state index in [1.807, 2.05) is 43.3 Å². The van der Waals surface area contributed by atoms with E-state index in [1.54, 1.807) is 0 Å². The fourth-order valence-corrected chi connectivity index (χ4v) is 2.31. The summed E-state index contributed by atoms with van der Waals surface area (Å²) in [5.41, 5.74) is 2.09. The van der Waals surface area contributed by atoms with E-state index in [1.165, 1.54) is 0 Å². The largest absolute Gasteiger partial charge is 0.454 e. The van der Waals surface area contributed by atoms with Gasteiger partial charge in [0.25, 0.3) is 0 Å². The van der Waals surface area contributed by atoms with Gasteiger partial charge < -0.3 is 10.1 Å². The van der Waals surface area contributed by atoms with Crippen molar-refractivity contribution in [1.29, 1.82) is 0 Å². The number of hydrogen-bond acceptors (Lipinski definition) is 2. The monoisotopic (exact) mass is 323 g/mol. The van der Waals surface area contributed by atoms with Crippen LogP contribution in [-0.2, 0) is 6.54 Å². The van der Waals surface area contributed by atoms with Crippen LogP contribution in [0, 0.1) is 6.92 Å². The van der Waals surface area contributed by atoms with Crippen molar-refractivity contribution in [3.05, 3.63) is 57.6 Å². The Morgan fingerprint density at radius 3 is 2.57 bits per heavy atom. The summed E-state index contributed by atoms with van der Waals surface area (Å²) in [4.78, 5) is 0. The van der Waals surface area contributed by atoms with Crippen molar-refractivity contribution >= 4 is 23.2 Å². The summed E-state index contributed by atoms with van der Waals surface area (Å²) < 4.78 is 5.98. The van der Waals surface area contributed by atoms with Gasteiger partial charge in [0.1, 0.15) is 5.75 Å². The lowest BCUT2D eigenvalue weighted by molar-refractivity contribution is 0.469. The standard InChI is InChI=1S/C17H19Cl2NO/c1-11(2)20-10-13-5-4-6-15(19)17(13)21-16-9-12(3)7-8-14(16)18/h4-9,11,20H,10H2,1-3H3. The maximum atomic E-state index is 6.29. The second-order valence-corrected chi connectivity index (χ2v) is 6.11. The van der Waals surface area contributed by atoms with Gasteiger partial charge in [-0.2, -0.15) is 0 Å². The molecule has 0 aliphatic carbocycles. The summed E-state index contributed by atoms with van der Waals surface area (Å²) in [6.07, 6.45) is 0. The lowest BCUT2D eigenvalue weighted by Crippen LogP contribution is -2.22. The second-order valence-electron chi connectivity index (χ2n) is 5.30. The zero-order chi connectivity index (χ0) is 15.4. The molecule has 0 aliphatic heterocycles. The van der Waals surface area contributed by atoms with E-state index in [2.05, 4.69) is 19.2 Å². The average Bonchev–Trinajstić information content (AvgIpc) is 2.43. The zero-order valence-corrected chi connectivity index (χ0v) is 13.9. The minimum absolute atomic E-state index is 0.388. The molecule has 2 nitrogen and oxygen atoms in total. The third-order valence-corrected chi connectivity index (χ3v) is 3.66. The van der Waals surface area contributed by atoms with Gasteiger partial charge in [0.2, 0.25) is 0 Å². The molecule has 112 valence electrons. The van der Waals surface area contributed by atoms with Gasteiger partial charge in [0, 0.05) is 18.2 Å². The molecule has 0 saturated heterocycles. The fraction of sp³-hybridized carbons (Fsp3) is 0.294. The molecule has 0 saturated carbocycles. The van der Waals surface area contributed by atoms with Crippen LogP contribution in [0.1, 0.15) is 25.0 Å². The topological polar surface area (TPSA) is 21.3 Å². The number of aryl methyl sites for hydroxylation is 1. The molecule has 0 aliphatic rings. The van der Waals surface area contributed by atoms with Crippen LogP contribution in [0.15, 0.2) is 36.4 Å². The number of benzene rings is 2. The number of ether oxygens (including phenoxy) is 1. The molecule has 0 heterocycles. The van der Waals surface area contributed by atoms with Crippen LogP contribution in [0.5, 0.6) is 11.5 Å². The van der Waals surface area contributed by atoms with Crippen molar-refractivity contribution in [1.82, 2.24) is 5.32 Å². The van der Waals surface area contributed by atoms with Gasteiger partial charge in [-0.3, -0.25) is 0 Å². The van der Waals surface area contributed by atoms with Gasteiger partial charge >= 0.3 is 0 Å². The molecule has 0 spiro atoms. The van der Waals surface area contributed by atoms with Gasteiger partial charge in [0.05, 0.1) is 10.0 Å². The molecule has 0 atom stereocenters. The first kappa shape index (κ1) is 16.2. The Labute approximate surface area is 136 Å². The fourth-order valence-electron chi connectivity index (χ4n) is 1.92. The second kappa shape index (κ2) is 7.17. The maximum Gasteiger partial charge on any atom is 0.150 e. The number of nitrogens with one attached hydrogen (secondary N) is 1. The first-order valence-electron chi connectivity index (χ1n) is 6.92. The molecular formula is C17H19Cl2NO. The highest BCUT2D eigenvalue weighted by Crippen LogP contribution is 2.36. The summed E-state index contributed by atoms with van der Waals surface area (Å²) in [6.45, 7) is 6.89. The minimum atomic E-state index is 0.388. The molecule has 0 bridgehead atoms. The van der Waals surface area contributed by atoms with E-state index in [4.69, 9.17) is 27.9 Å². The molecule has 2 aromatic rings. The van der Waals surface area contributed by atoms with Crippen molar-refractivity contribution in [2.75, 3.05) is 0 Å². The summed E-state index contributed by atoms with van der Waals surface area (Å²) >= 11 is 12.5. The molecule has 0 amide bonds. The molecule has 4 heteroatoms. The van der Waals surface area contributed by atoms with Crippen LogP contribution < -0.4 is 10.1 Å². The lowest BCUT2D eigenvalue weighted by atomic mass is 10.2. The molecule has 1 N–H and O–H groups in total. The summed E-state index contributed by atoms with van der Waals surface area (Å²) in [5, 5.41) is 4.52. The third-order valence-electron chi connectivity index (χ3n) is 3.05. The Kier molecular flexibility index (Phi) is 5.51. The summed E-state index contributed by atoms with van der Waals surface area (Å²) in [7, 11) is 0. The van der Waals surface area contributed by atoms with Gasteiger partial charge in [-0.1, -0.05) is 55.2 Å². The highest BCUT2D eigenvalue weighted by atomic mass is 35.5. The Bertz CT molecular complexity index is 626. The van der Waals surface area contributed by atoms with E-state index in [0.717, 1.165) is 11.1 Å². The Balaban J connectivity index is 2.32. The van der Waals surface area contributed by atoms with Crippen LogP contribution in [0.2, 0.25) is 10.0 Å². The number of hydrogen-bond donors (Lipinski definition) is 1. The Morgan fingerprint density at radius 2 is 1.86 bits per heavy atom. The van der Waals surface area contributed by atoms with Crippen molar-refractivity contribution in [2.45, 2.75) is 33.4 Å². The maximum absolute atomic E-state index is 6.29. The van der Waals surface area contributed by atoms with E-state index >= 15 is 0 Å². The number of rotatable bonds is 5. The first-order valence-corrected chi connectivity index (χ1v) is 7.67. The molecule has 0 unspecified atom stereocenters. The Morgan fingerprint density at radius 1 is 1.10 bits per heavy atom. The SMILES string of the molecule is Cc1ccc(Cl)c(Oc2c(Cl)cccc2CNC(C)C)c1. The van der Waals surface area contributed by atoms with Gasteiger partial charge in [-0.15, -0.1) is 0 Å². The smallest absolute Gasteiger partial charge is 0.150 e. The Hall–Kier alpha value is -1.22. The normalized spacial score (nSPS) is 11.0. The van der Waals surface area contributed by atoms with Crippen LogP contribution >= 0.6 is 23.2 Å². The minimum Gasteiger partial charge on any atom is -0.454 e. The molecule has 21 heavy (non-hydrogen) atoms. The highest BCUT2D eigenvalue weighted by Gasteiger charge is 2.12. The van der Waals surface area contributed by atoms with Gasteiger partial charge in [-0.05, 0) is 30.7 Å². The first-order chi connectivity index (χ1) is 9.97. The van der Waals surface area contributed by atoms with E-state index in [-0.39, 0.29) is 0 Å². The van der Waals surface area contributed by atoms with Crippen LogP contribution in [0.4, 0.5) is 0 Å². The van der Waals surface area contributed by atoms with E-state index < -0.39 is 0 Å². The van der Waals surface area contributed by atoms with Crippen LogP contribution in [-0.4, -0.2) is 6.04 Å². The van der Waals surface area contributed by atoms with Crippen molar-refractivity contribution in [3.63, 3.8) is 0 Å². The molecule has 0 fully saturated rings. The number of para-hydroxylation sites is 1. The van der Waals surface area contributed by atoms with Crippen molar-refractivity contribution < 1.29 is 4.74 Å². The van der Waals surface area contributed by atoms with E-state index in [9.17, 15) is 0 Å². The molecular weight excluding hydrogens is 305 g/mol. The van der Waals surface area contributed by atoms with Gasteiger partial charge in [0.15, 0.2) is 5.75 Å². The lowest BCUT2D eigenvalue weighted by Gasteiger charge is -2.16. The van der Waals surface area contributed by atoms with Crippen molar-refractivity contribution in [2.24, 2.45) is 0 Å². The third kappa shape index (κ3) is 4.37. The van der Waals surface area contributed by atoms with Crippen molar-refractivity contribution in [3.8, 4) is 11.5 Å². The quantitative estimate of drug-likeness (QED) is 0.774. The molecule has 2 aromatic carbocycles. The summed E-state index contributed by atoms with van der Waals surface area (Å²) in [5.74, 6) is 1.27. The van der Waals surface area contributed by atoms with Crippen LogP contribution in [0.25, 0.3) is 0 Å². The van der Waals surface area contributed by atoms with Crippen LogP contribution in [0.3, 0.4) is 0 Å². The summed E-state index contributed by atoms with van der Waals surface area (Å²) in [6, 6.07) is 11.8. The molecule has 2 rings (SSSR count). The predicted octanol–water partition coefficient (Wildman–Crippen LogP) is 5.59. The number of halogens is 2.